The van der Waals surface area contributed by atoms with E-state index in [0.717, 1.165) is 5.69 Å². The van der Waals surface area contributed by atoms with Crippen molar-refractivity contribution in [3.8, 4) is 0 Å². The molecule has 0 N–H and O–H groups in total. The van der Waals surface area contributed by atoms with Crippen molar-refractivity contribution in [3.05, 3.63) is 24.2 Å². The van der Waals surface area contributed by atoms with Gasteiger partial charge < -0.3 is 0 Å². The molecule has 0 saturated heterocycles. The summed E-state index contributed by atoms with van der Waals surface area (Å²) in [5.74, 6) is 0.214. The fourth-order valence-corrected chi connectivity index (χ4v) is 2.33. The van der Waals surface area contributed by atoms with E-state index < -0.39 is 9.05 Å². The maximum absolute atomic E-state index is 11.3. The minimum atomic E-state index is -3.84. The highest BCUT2D eigenvalue weighted by atomic mass is 35.7. The highest BCUT2D eigenvalue weighted by molar-refractivity contribution is 8.13. The number of fused-ring (bicyclic) bond motifs is 1. The molecule has 2 aromatic heterocycles. The largest absolute Gasteiger partial charge is 0.280 e. The molecule has 2 rings (SSSR count). The zero-order valence-corrected chi connectivity index (χ0v) is 10.3. The first-order valence-electron chi connectivity index (χ1n) is 4.68. The maximum atomic E-state index is 11.3. The smallest absolute Gasteiger partial charge is 0.240 e. The Morgan fingerprint density at radius 2 is 2.12 bits per heavy atom. The minimum absolute atomic E-state index is 0.156. The topological polar surface area (TPSA) is 64.3 Å². The van der Waals surface area contributed by atoms with Gasteiger partial charge in [0.05, 0.1) is 5.69 Å². The third-order valence-electron chi connectivity index (χ3n) is 2.20. The summed E-state index contributed by atoms with van der Waals surface area (Å²) in [7, 11) is 1.45. The lowest BCUT2D eigenvalue weighted by molar-refractivity contribution is 0.606. The summed E-state index contributed by atoms with van der Waals surface area (Å²) >= 11 is 0. The van der Waals surface area contributed by atoms with E-state index in [1.54, 1.807) is 12.3 Å². The van der Waals surface area contributed by atoms with Gasteiger partial charge in [-0.3, -0.25) is 0 Å². The van der Waals surface area contributed by atoms with Gasteiger partial charge >= 0.3 is 0 Å². The second kappa shape index (κ2) is 3.71. The van der Waals surface area contributed by atoms with Crippen LogP contribution in [0.25, 0.3) is 5.52 Å². The molecule has 0 aliphatic heterocycles. The second-order valence-corrected chi connectivity index (χ2v) is 6.21. The standard InChI is InChI=1S/C9H10ClN3O2S/c1-6(2)7-5-8-9(16(10,14)15)11-3-4-13(8)12-7/h3-6H,1-2H3. The highest BCUT2D eigenvalue weighted by Gasteiger charge is 2.18. The molecule has 0 aliphatic rings. The molecular weight excluding hydrogens is 250 g/mol. The molecule has 16 heavy (non-hydrogen) atoms. The molecule has 86 valence electrons. The van der Waals surface area contributed by atoms with Crippen molar-refractivity contribution in [3.63, 3.8) is 0 Å². The Kier molecular flexibility index (Phi) is 2.63. The van der Waals surface area contributed by atoms with Crippen molar-refractivity contribution in [1.82, 2.24) is 14.6 Å². The Labute approximate surface area is 97.5 Å². The van der Waals surface area contributed by atoms with E-state index in [1.165, 1.54) is 10.7 Å². The van der Waals surface area contributed by atoms with Gasteiger partial charge in [0, 0.05) is 23.1 Å². The van der Waals surface area contributed by atoms with Gasteiger partial charge in [-0.05, 0) is 12.0 Å². The normalized spacial score (nSPS) is 12.5. The van der Waals surface area contributed by atoms with Crippen molar-refractivity contribution in [2.24, 2.45) is 0 Å². The molecule has 5 nitrogen and oxygen atoms in total. The molecule has 0 atom stereocenters. The van der Waals surface area contributed by atoms with Gasteiger partial charge in [0.2, 0.25) is 0 Å². The van der Waals surface area contributed by atoms with Crippen molar-refractivity contribution >= 4 is 25.2 Å². The quantitative estimate of drug-likeness (QED) is 0.771. The Balaban J connectivity index is 2.78. The van der Waals surface area contributed by atoms with Crippen LogP contribution in [0.2, 0.25) is 0 Å². The molecule has 0 fully saturated rings. The van der Waals surface area contributed by atoms with Crippen LogP contribution >= 0.6 is 10.7 Å². The molecule has 2 heterocycles. The van der Waals surface area contributed by atoms with Crippen LogP contribution in [0.3, 0.4) is 0 Å². The van der Waals surface area contributed by atoms with E-state index in [-0.39, 0.29) is 10.9 Å². The Hall–Kier alpha value is -1.14. The van der Waals surface area contributed by atoms with E-state index in [1.807, 2.05) is 13.8 Å². The van der Waals surface area contributed by atoms with Gasteiger partial charge in [-0.1, -0.05) is 13.8 Å². The van der Waals surface area contributed by atoms with Crippen LogP contribution in [0.15, 0.2) is 23.5 Å². The summed E-state index contributed by atoms with van der Waals surface area (Å²) in [5.41, 5.74) is 1.20. The lowest BCUT2D eigenvalue weighted by Gasteiger charge is -1.96. The molecule has 0 spiro atoms. The lowest BCUT2D eigenvalue weighted by atomic mass is 10.1. The van der Waals surface area contributed by atoms with E-state index in [4.69, 9.17) is 10.7 Å². The molecule has 0 aliphatic carbocycles. The first-order valence-corrected chi connectivity index (χ1v) is 6.99. The predicted octanol–water partition coefficient (Wildman–Crippen LogP) is 1.78. The summed E-state index contributed by atoms with van der Waals surface area (Å²) in [4.78, 5) is 3.77. The van der Waals surface area contributed by atoms with E-state index in [2.05, 4.69) is 10.1 Å². The van der Waals surface area contributed by atoms with Crippen LogP contribution in [0, 0.1) is 0 Å². The van der Waals surface area contributed by atoms with E-state index in [9.17, 15) is 8.42 Å². The zero-order chi connectivity index (χ0) is 11.9. The van der Waals surface area contributed by atoms with Crippen molar-refractivity contribution in [1.29, 1.82) is 0 Å². The number of aromatic nitrogens is 3. The number of rotatable bonds is 2. The Bertz CT molecular complexity index is 633. The second-order valence-electron chi connectivity index (χ2n) is 3.72. The summed E-state index contributed by atoms with van der Waals surface area (Å²) in [6.45, 7) is 3.95. The molecule has 0 radical (unpaired) electrons. The maximum Gasteiger partial charge on any atom is 0.280 e. The highest BCUT2D eigenvalue weighted by Crippen LogP contribution is 2.21. The Morgan fingerprint density at radius 3 is 2.69 bits per heavy atom. The average molecular weight is 260 g/mol. The van der Waals surface area contributed by atoms with Gasteiger partial charge in [-0.25, -0.2) is 17.9 Å². The summed E-state index contributed by atoms with van der Waals surface area (Å²) in [6.07, 6.45) is 2.95. The minimum Gasteiger partial charge on any atom is -0.240 e. The third kappa shape index (κ3) is 1.90. The summed E-state index contributed by atoms with van der Waals surface area (Å²) in [5, 5.41) is 4.08. The molecule has 0 aromatic carbocycles. The molecule has 0 saturated carbocycles. The van der Waals surface area contributed by atoms with Crippen molar-refractivity contribution in [2.45, 2.75) is 24.8 Å². The molecule has 0 unspecified atom stereocenters. The van der Waals surface area contributed by atoms with Gasteiger partial charge in [-0.2, -0.15) is 5.10 Å². The molecule has 7 heteroatoms. The third-order valence-corrected chi connectivity index (χ3v) is 3.41. The summed E-state index contributed by atoms with van der Waals surface area (Å²) < 4.78 is 24.0. The predicted molar refractivity (Wildman–Crippen MR) is 60.1 cm³/mol. The first-order chi connectivity index (χ1) is 7.39. The fourth-order valence-electron chi connectivity index (χ4n) is 1.39. The van der Waals surface area contributed by atoms with Gasteiger partial charge in [0.1, 0.15) is 5.52 Å². The summed E-state index contributed by atoms with van der Waals surface area (Å²) in [6, 6.07) is 1.69. The van der Waals surface area contributed by atoms with Crippen LogP contribution in [0.4, 0.5) is 0 Å². The molecular formula is C9H10ClN3O2S. The van der Waals surface area contributed by atoms with Crippen molar-refractivity contribution in [2.75, 3.05) is 0 Å². The molecule has 0 amide bonds. The monoisotopic (exact) mass is 259 g/mol. The number of nitrogens with zero attached hydrogens (tertiary/aromatic N) is 3. The van der Waals surface area contributed by atoms with Crippen LogP contribution in [-0.4, -0.2) is 23.0 Å². The average Bonchev–Trinajstić information content (AvgIpc) is 2.58. The number of halogens is 1. The van der Waals surface area contributed by atoms with Crippen LogP contribution in [0.1, 0.15) is 25.5 Å². The molecule has 2 aromatic rings. The SMILES string of the molecule is CC(C)c1cc2c(S(=O)(=O)Cl)nccn2n1. The Morgan fingerprint density at radius 1 is 1.44 bits per heavy atom. The van der Waals surface area contributed by atoms with Gasteiger partial charge in [0.15, 0.2) is 5.03 Å². The van der Waals surface area contributed by atoms with Crippen LogP contribution < -0.4 is 0 Å². The van der Waals surface area contributed by atoms with Crippen LogP contribution in [-0.2, 0) is 9.05 Å². The van der Waals surface area contributed by atoms with Gasteiger partial charge in [-0.15, -0.1) is 0 Å². The van der Waals surface area contributed by atoms with E-state index >= 15 is 0 Å². The fraction of sp³-hybridized carbons (Fsp3) is 0.333. The zero-order valence-electron chi connectivity index (χ0n) is 8.75. The van der Waals surface area contributed by atoms with Crippen molar-refractivity contribution < 1.29 is 8.42 Å². The lowest BCUT2D eigenvalue weighted by Crippen LogP contribution is -1.99. The van der Waals surface area contributed by atoms with Crippen LogP contribution in [0.5, 0.6) is 0 Å². The molecule has 0 bridgehead atoms. The van der Waals surface area contributed by atoms with E-state index in [0.29, 0.717) is 5.52 Å². The van der Waals surface area contributed by atoms with Gasteiger partial charge in [0.25, 0.3) is 9.05 Å². The number of hydrogen-bond acceptors (Lipinski definition) is 4. The number of hydrogen-bond donors (Lipinski definition) is 0. The first kappa shape index (κ1) is 11.3.